The third-order valence-electron chi connectivity index (χ3n) is 3.39. The normalized spacial score (nSPS) is 13.2. The zero-order valence-corrected chi connectivity index (χ0v) is 10.1. The van der Waals surface area contributed by atoms with Crippen LogP contribution >= 0.6 is 0 Å². The Balaban J connectivity index is 4.32. The third-order valence-corrected chi connectivity index (χ3v) is 3.39. The number of nitrogens with one attached hydrogen (secondary N) is 1. The molecule has 4 N–H and O–H groups in total. The van der Waals surface area contributed by atoms with E-state index in [1.165, 1.54) is 0 Å². The van der Waals surface area contributed by atoms with Crippen molar-refractivity contribution < 1.29 is 15.3 Å². The van der Waals surface area contributed by atoms with Crippen LogP contribution in [-0.4, -0.2) is 46.2 Å². The maximum absolute atomic E-state index is 10.1. The third kappa shape index (κ3) is 4.07. The predicted octanol–water partition coefficient (Wildman–Crippen LogP) is 0.260. The summed E-state index contributed by atoms with van der Waals surface area (Å²) in [6, 6.07) is 0. The highest BCUT2D eigenvalue weighted by Gasteiger charge is 2.30. The molecular weight excluding hydrogens is 194 g/mol. The van der Waals surface area contributed by atoms with Gasteiger partial charge in [0.2, 0.25) is 0 Å². The van der Waals surface area contributed by atoms with Gasteiger partial charge in [0.1, 0.15) is 0 Å². The number of β-amino-alcohol motifs (C(OH)–C–C–N with tert-alkyl or cyclic N) is 1. The first-order valence-corrected chi connectivity index (χ1v) is 5.70. The lowest BCUT2D eigenvalue weighted by molar-refractivity contribution is 0.00813. The highest BCUT2D eigenvalue weighted by molar-refractivity contribution is 4.89. The summed E-state index contributed by atoms with van der Waals surface area (Å²) in [5.41, 5.74) is -1.41. The molecule has 0 amide bonds. The van der Waals surface area contributed by atoms with Crippen molar-refractivity contribution in [3.05, 3.63) is 0 Å². The van der Waals surface area contributed by atoms with Gasteiger partial charge in [0, 0.05) is 6.54 Å². The van der Waals surface area contributed by atoms with Crippen molar-refractivity contribution in [2.75, 3.05) is 19.8 Å². The molecule has 0 aliphatic carbocycles. The quantitative estimate of drug-likeness (QED) is 0.472. The molecule has 0 aromatic heterocycles. The first-order valence-electron chi connectivity index (χ1n) is 5.70. The Labute approximate surface area is 92.3 Å². The van der Waals surface area contributed by atoms with E-state index in [9.17, 15) is 15.3 Å². The topological polar surface area (TPSA) is 72.7 Å². The number of aliphatic hydroxyl groups is 3. The van der Waals surface area contributed by atoms with Gasteiger partial charge in [-0.2, -0.15) is 0 Å². The van der Waals surface area contributed by atoms with Crippen LogP contribution in [0.5, 0.6) is 0 Å². The molecule has 0 spiro atoms. The molecule has 0 aromatic rings. The summed E-state index contributed by atoms with van der Waals surface area (Å²) < 4.78 is 0. The van der Waals surface area contributed by atoms with Gasteiger partial charge in [0.25, 0.3) is 0 Å². The minimum atomic E-state index is -0.745. The highest BCUT2D eigenvalue weighted by Crippen LogP contribution is 2.16. The van der Waals surface area contributed by atoms with Crippen molar-refractivity contribution in [2.24, 2.45) is 0 Å². The Bertz CT molecular complexity index is 157. The van der Waals surface area contributed by atoms with Crippen LogP contribution < -0.4 is 5.32 Å². The van der Waals surface area contributed by atoms with Crippen LogP contribution in [0.4, 0.5) is 0 Å². The first kappa shape index (κ1) is 14.8. The molecular formula is C11H25NO3. The minimum Gasteiger partial charge on any atom is -0.394 e. The Morgan fingerprint density at radius 1 is 0.933 bits per heavy atom. The van der Waals surface area contributed by atoms with Gasteiger partial charge in [-0.05, 0) is 19.3 Å². The van der Waals surface area contributed by atoms with E-state index in [0.717, 1.165) is 0 Å². The van der Waals surface area contributed by atoms with Crippen molar-refractivity contribution in [1.82, 2.24) is 5.32 Å². The van der Waals surface area contributed by atoms with Crippen LogP contribution in [0.25, 0.3) is 0 Å². The molecule has 0 aromatic carbocycles. The Kier molecular flexibility index (Phi) is 6.36. The van der Waals surface area contributed by atoms with E-state index in [1.807, 2.05) is 20.8 Å². The summed E-state index contributed by atoms with van der Waals surface area (Å²) in [6.45, 7) is 5.91. The van der Waals surface area contributed by atoms with Crippen molar-refractivity contribution in [2.45, 2.75) is 51.2 Å². The molecule has 0 radical (unpaired) electrons. The minimum absolute atomic E-state index is 0.122. The maximum Gasteiger partial charge on any atom is 0.0766 e. The van der Waals surface area contributed by atoms with E-state index in [-0.39, 0.29) is 13.2 Å². The zero-order valence-electron chi connectivity index (χ0n) is 10.1. The molecule has 4 nitrogen and oxygen atoms in total. The molecule has 0 heterocycles. The van der Waals surface area contributed by atoms with Crippen molar-refractivity contribution in [3.8, 4) is 0 Å². The van der Waals surface area contributed by atoms with Gasteiger partial charge in [-0.25, -0.2) is 0 Å². The van der Waals surface area contributed by atoms with Gasteiger partial charge >= 0.3 is 0 Å². The summed E-state index contributed by atoms with van der Waals surface area (Å²) in [4.78, 5) is 0. The van der Waals surface area contributed by atoms with Crippen LogP contribution in [-0.2, 0) is 0 Å². The Morgan fingerprint density at radius 2 is 1.40 bits per heavy atom. The lowest BCUT2D eigenvalue weighted by Gasteiger charge is -2.35. The summed E-state index contributed by atoms with van der Waals surface area (Å²) in [7, 11) is 0. The molecule has 0 aliphatic heterocycles. The van der Waals surface area contributed by atoms with Crippen LogP contribution in [0, 0.1) is 0 Å². The molecule has 0 aliphatic rings. The van der Waals surface area contributed by atoms with Gasteiger partial charge < -0.3 is 20.6 Å². The molecule has 0 saturated heterocycles. The largest absolute Gasteiger partial charge is 0.394 e. The van der Waals surface area contributed by atoms with Crippen LogP contribution in [0.2, 0.25) is 0 Å². The SMILES string of the molecule is CCC(O)(CC)CNC(CC)(CO)CO. The molecule has 0 saturated carbocycles. The van der Waals surface area contributed by atoms with E-state index in [2.05, 4.69) is 5.32 Å². The Hall–Kier alpha value is -0.160. The molecule has 0 rings (SSSR count). The Morgan fingerprint density at radius 3 is 1.67 bits per heavy atom. The zero-order chi connectivity index (χ0) is 11.9. The number of rotatable bonds is 8. The van der Waals surface area contributed by atoms with Gasteiger partial charge in [-0.1, -0.05) is 20.8 Å². The van der Waals surface area contributed by atoms with E-state index < -0.39 is 11.1 Å². The summed E-state index contributed by atoms with van der Waals surface area (Å²) >= 11 is 0. The average Bonchev–Trinajstić information content (AvgIpc) is 2.31. The van der Waals surface area contributed by atoms with E-state index >= 15 is 0 Å². The lowest BCUT2D eigenvalue weighted by atomic mass is 9.93. The van der Waals surface area contributed by atoms with Crippen molar-refractivity contribution in [3.63, 3.8) is 0 Å². The standard InChI is InChI=1S/C11H25NO3/c1-4-10(8-13,9-14)12-7-11(15,5-2)6-3/h12-15H,4-9H2,1-3H3. The molecule has 92 valence electrons. The van der Waals surface area contributed by atoms with Crippen molar-refractivity contribution in [1.29, 1.82) is 0 Å². The first-order chi connectivity index (χ1) is 7.01. The van der Waals surface area contributed by atoms with E-state index in [1.54, 1.807) is 0 Å². The number of hydrogen-bond donors (Lipinski definition) is 4. The monoisotopic (exact) mass is 219 g/mol. The van der Waals surface area contributed by atoms with Crippen LogP contribution in [0.3, 0.4) is 0 Å². The van der Waals surface area contributed by atoms with Crippen LogP contribution in [0.1, 0.15) is 40.0 Å². The number of aliphatic hydroxyl groups excluding tert-OH is 2. The molecule has 0 atom stereocenters. The van der Waals surface area contributed by atoms with Gasteiger partial charge in [0.05, 0.1) is 24.4 Å². The average molecular weight is 219 g/mol. The second kappa shape index (κ2) is 6.43. The second-order valence-electron chi connectivity index (χ2n) is 4.24. The summed E-state index contributed by atoms with van der Waals surface area (Å²) in [5.74, 6) is 0. The van der Waals surface area contributed by atoms with Crippen molar-refractivity contribution >= 4 is 0 Å². The fourth-order valence-electron chi connectivity index (χ4n) is 1.36. The van der Waals surface area contributed by atoms with Gasteiger partial charge in [-0.3, -0.25) is 0 Å². The van der Waals surface area contributed by atoms with Crippen LogP contribution in [0.15, 0.2) is 0 Å². The summed E-state index contributed by atoms with van der Waals surface area (Å²) in [5, 5.41) is 31.6. The summed E-state index contributed by atoms with van der Waals surface area (Å²) in [6.07, 6.45) is 1.95. The number of hydrogen-bond acceptors (Lipinski definition) is 4. The lowest BCUT2D eigenvalue weighted by Crippen LogP contribution is -2.56. The fourth-order valence-corrected chi connectivity index (χ4v) is 1.36. The molecule has 0 unspecified atom stereocenters. The smallest absolute Gasteiger partial charge is 0.0766 e. The fraction of sp³-hybridized carbons (Fsp3) is 1.00. The highest BCUT2D eigenvalue weighted by atomic mass is 16.3. The molecule has 0 fully saturated rings. The van der Waals surface area contributed by atoms with E-state index in [4.69, 9.17) is 0 Å². The predicted molar refractivity (Wildman–Crippen MR) is 60.7 cm³/mol. The second-order valence-corrected chi connectivity index (χ2v) is 4.24. The molecule has 15 heavy (non-hydrogen) atoms. The molecule has 4 heteroatoms. The van der Waals surface area contributed by atoms with Gasteiger partial charge in [-0.15, -0.1) is 0 Å². The maximum atomic E-state index is 10.1. The molecule has 0 bridgehead atoms. The van der Waals surface area contributed by atoms with Gasteiger partial charge in [0.15, 0.2) is 0 Å². The van der Waals surface area contributed by atoms with E-state index in [0.29, 0.717) is 25.8 Å².